The summed E-state index contributed by atoms with van der Waals surface area (Å²) in [6.45, 7) is 4.22. The lowest BCUT2D eigenvalue weighted by Gasteiger charge is -2.07. The number of amides is 1. The number of thiazole rings is 1. The van der Waals surface area contributed by atoms with Crippen LogP contribution in [0.1, 0.15) is 39.7 Å². The first-order chi connectivity index (χ1) is 10.0. The number of aromatic nitrogens is 1. The van der Waals surface area contributed by atoms with Crippen LogP contribution in [0.5, 0.6) is 0 Å². The molecule has 0 radical (unpaired) electrons. The van der Waals surface area contributed by atoms with Gasteiger partial charge in [0.2, 0.25) is 0 Å². The molecular weight excluding hydrogens is 357 g/mol. The maximum atomic E-state index is 12.2. The molecule has 0 fully saturated rings. The summed E-state index contributed by atoms with van der Waals surface area (Å²) in [4.78, 5) is 16.6. The van der Waals surface area contributed by atoms with E-state index in [0.717, 1.165) is 16.3 Å². The summed E-state index contributed by atoms with van der Waals surface area (Å²) < 4.78 is 5.22. The number of carbonyl (C=O) groups excluding carboxylic acids is 1. The fraction of sp³-hybridized carbons (Fsp3) is 0.333. The lowest BCUT2D eigenvalue weighted by molar-refractivity contribution is 0.0950. The van der Waals surface area contributed by atoms with Crippen molar-refractivity contribution in [1.29, 1.82) is 0 Å². The van der Waals surface area contributed by atoms with E-state index in [4.69, 9.17) is 10.5 Å². The van der Waals surface area contributed by atoms with Crippen molar-refractivity contribution < 1.29 is 9.53 Å². The highest BCUT2D eigenvalue weighted by molar-refractivity contribution is 7.09. The van der Waals surface area contributed by atoms with Gasteiger partial charge in [0.15, 0.2) is 0 Å². The van der Waals surface area contributed by atoms with Crippen molar-refractivity contribution in [3.8, 4) is 0 Å². The number of hydrogen-bond acceptors (Lipinski definition) is 5. The minimum atomic E-state index is -0.144. The summed E-state index contributed by atoms with van der Waals surface area (Å²) in [5, 5.41) is 5.69. The molecule has 128 valence electrons. The van der Waals surface area contributed by atoms with Crippen molar-refractivity contribution in [2.24, 2.45) is 0 Å². The zero-order valence-corrected chi connectivity index (χ0v) is 15.6. The molecule has 0 saturated carbocycles. The van der Waals surface area contributed by atoms with Gasteiger partial charge in [0.05, 0.1) is 12.2 Å². The van der Waals surface area contributed by atoms with Gasteiger partial charge in [-0.15, -0.1) is 36.2 Å². The van der Waals surface area contributed by atoms with E-state index >= 15 is 0 Å². The Morgan fingerprint density at radius 3 is 2.78 bits per heavy atom. The zero-order valence-electron chi connectivity index (χ0n) is 13.2. The van der Waals surface area contributed by atoms with Crippen molar-refractivity contribution >= 4 is 47.7 Å². The van der Waals surface area contributed by atoms with Gasteiger partial charge < -0.3 is 15.8 Å². The lowest BCUT2D eigenvalue weighted by atomic mass is 10.1. The van der Waals surface area contributed by atoms with E-state index in [9.17, 15) is 4.79 Å². The predicted molar refractivity (Wildman–Crippen MR) is 98.8 cm³/mol. The van der Waals surface area contributed by atoms with Crippen molar-refractivity contribution in [3.05, 3.63) is 45.4 Å². The Kier molecular flexibility index (Phi) is 9.16. The molecule has 0 aliphatic rings. The molecular formula is C15H21Cl2N3O2S. The van der Waals surface area contributed by atoms with Gasteiger partial charge in [0, 0.05) is 23.7 Å². The van der Waals surface area contributed by atoms with Crippen LogP contribution in [0, 0.1) is 6.92 Å². The molecule has 5 nitrogen and oxygen atoms in total. The number of carbonyl (C=O) groups is 1. The van der Waals surface area contributed by atoms with Crippen molar-refractivity contribution in [2.75, 3.05) is 12.8 Å². The molecule has 23 heavy (non-hydrogen) atoms. The van der Waals surface area contributed by atoms with E-state index in [1.54, 1.807) is 19.2 Å². The Morgan fingerprint density at radius 1 is 1.43 bits per heavy atom. The van der Waals surface area contributed by atoms with Crippen LogP contribution in [0.4, 0.5) is 5.69 Å². The number of benzene rings is 1. The summed E-state index contributed by atoms with van der Waals surface area (Å²) in [6, 6.07) is 5.31. The van der Waals surface area contributed by atoms with Crippen LogP contribution >= 0.6 is 36.2 Å². The highest BCUT2D eigenvalue weighted by Gasteiger charge is 2.12. The second kappa shape index (κ2) is 9.72. The van der Waals surface area contributed by atoms with E-state index in [-0.39, 0.29) is 36.8 Å². The summed E-state index contributed by atoms with van der Waals surface area (Å²) >= 11 is 1.53. The van der Waals surface area contributed by atoms with Gasteiger partial charge >= 0.3 is 0 Å². The number of methoxy groups -OCH3 is 1. The summed E-state index contributed by atoms with van der Waals surface area (Å²) in [5.74, 6) is -0.144. The molecule has 0 spiro atoms. The molecule has 1 heterocycles. The summed E-state index contributed by atoms with van der Waals surface area (Å²) in [7, 11) is 1.65. The average molecular weight is 378 g/mol. The highest BCUT2D eigenvalue weighted by atomic mass is 35.5. The van der Waals surface area contributed by atoms with E-state index in [2.05, 4.69) is 10.3 Å². The smallest absolute Gasteiger partial charge is 0.251 e. The number of nitrogens with one attached hydrogen (secondary N) is 1. The minimum absolute atomic E-state index is 0. The molecule has 1 atom stereocenters. The number of anilines is 1. The third-order valence-corrected chi connectivity index (χ3v) is 4.26. The van der Waals surface area contributed by atoms with Gasteiger partial charge in [-0.3, -0.25) is 4.79 Å². The number of nitrogens with two attached hydrogens (primary N) is 1. The molecule has 2 aromatic rings. The number of rotatable bonds is 5. The largest absolute Gasteiger partial charge is 0.399 e. The monoisotopic (exact) mass is 377 g/mol. The molecule has 0 bridgehead atoms. The Balaban J connectivity index is 0.00000242. The first-order valence-electron chi connectivity index (χ1n) is 6.62. The molecule has 1 amide bonds. The normalized spacial score (nSPS) is 11.1. The summed E-state index contributed by atoms with van der Waals surface area (Å²) in [5.41, 5.74) is 8.62. The summed E-state index contributed by atoms with van der Waals surface area (Å²) in [6.07, 6.45) is -0.0318. The van der Waals surface area contributed by atoms with Crippen LogP contribution < -0.4 is 11.1 Å². The van der Waals surface area contributed by atoms with Crippen LogP contribution in [0.15, 0.2) is 23.6 Å². The van der Waals surface area contributed by atoms with Gasteiger partial charge in [-0.25, -0.2) is 4.98 Å². The van der Waals surface area contributed by atoms with E-state index in [0.29, 0.717) is 17.8 Å². The van der Waals surface area contributed by atoms with Crippen LogP contribution in [0.25, 0.3) is 0 Å². The van der Waals surface area contributed by atoms with Crippen molar-refractivity contribution in [1.82, 2.24) is 10.3 Å². The standard InChI is InChI=1S/C15H19N3O2S.2ClH/c1-9-4-5-11(16)6-13(9)14(19)17-7-12-8-21-15(18-12)10(2)20-3;;/h4-6,8,10H,7,16H2,1-3H3,(H,17,19);2*1H. The van der Waals surface area contributed by atoms with E-state index < -0.39 is 0 Å². The van der Waals surface area contributed by atoms with E-state index in [1.807, 2.05) is 25.3 Å². The van der Waals surface area contributed by atoms with Gasteiger partial charge in [-0.2, -0.15) is 0 Å². The highest BCUT2D eigenvalue weighted by Crippen LogP contribution is 2.20. The SMILES string of the molecule is COC(C)c1nc(CNC(=O)c2cc(N)ccc2C)cs1.Cl.Cl. The topological polar surface area (TPSA) is 77.2 Å². The van der Waals surface area contributed by atoms with Crippen LogP contribution in [-0.4, -0.2) is 18.0 Å². The van der Waals surface area contributed by atoms with Crippen LogP contribution in [-0.2, 0) is 11.3 Å². The Morgan fingerprint density at radius 2 is 2.13 bits per heavy atom. The Hall–Kier alpha value is -1.34. The molecule has 8 heteroatoms. The molecule has 1 aromatic heterocycles. The number of ether oxygens (including phenoxy) is 1. The van der Waals surface area contributed by atoms with Gasteiger partial charge in [-0.05, 0) is 31.5 Å². The lowest BCUT2D eigenvalue weighted by Crippen LogP contribution is -2.24. The number of aryl methyl sites for hydroxylation is 1. The zero-order chi connectivity index (χ0) is 15.4. The van der Waals surface area contributed by atoms with Crippen molar-refractivity contribution in [3.63, 3.8) is 0 Å². The molecule has 0 aliphatic heterocycles. The number of nitrogens with zero attached hydrogens (tertiary/aromatic N) is 1. The maximum Gasteiger partial charge on any atom is 0.251 e. The van der Waals surface area contributed by atoms with Gasteiger partial charge in [0.1, 0.15) is 11.1 Å². The molecule has 2 rings (SSSR count). The Labute approximate surface area is 152 Å². The van der Waals surface area contributed by atoms with Crippen LogP contribution in [0.3, 0.4) is 0 Å². The molecule has 3 N–H and O–H groups in total. The number of hydrogen-bond donors (Lipinski definition) is 2. The second-order valence-electron chi connectivity index (χ2n) is 4.81. The first kappa shape index (κ1) is 21.7. The third kappa shape index (κ3) is 5.66. The van der Waals surface area contributed by atoms with Crippen LogP contribution in [0.2, 0.25) is 0 Å². The maximum absolute atomic E-state index is 12.2. The third-order valence-electron chi connectivity index (χ3n) is 3.21. The van der Waals surface area contributed by atoms with E-state index in [1.165, 1.54) is 11.3 Å². The van der Waals surface area contributed by atoms with Gasteiger partial charge in [-0.1, -0.05) is 6.07 Å². The molecule has 0 aliphatic carbocycles. The van der Waals surface area contributed by atoms with Gasteiger partial charge in [0.25, 0.3) is 5.91 Å². The quantitative estimate of drug-likeness (QED) is 0.781. The second-order valence-corrected chi connectivity index (χ2v) is 5.70. The molecule has 0 saturated heterocycles. The fourth-order valence-corrected chi connectivity index (χ4v) is 2.69. The minimum Gasteiger partial charge on any atom is -0.399 e. The number of halogens is 2. The fourth-order valence-electron chi connectivity index (χ4n) is 1.84. The Bertz CT molecular complexity index is 649. The molecule has 1 unspecified atom stereocenters. The predicted octanol–water partition coefficient (Wildman–Crippen LogP) is 3.51. The average Bonchev–Trinajstić information content (AvgIpc) is 2.95. The number of nitrogen functional groups attached to an aromatic ring is 1. The van der Waals surface area contributed by atoms with Crippen molar-refractivity contribution in [2.45, 2.75) is 26.5 Å². The first-order valence-corrected chi connectivity index (χ1v) is 7.50. The molecule has 1 aromatic carbocycles.